The van der Waals surface area contributed by atoms with E-state index in [-0.39, 0.29) is 18.6 Å². The first-order valence-corrected chi connectivity index (χ1v) is 5.34. The second-order valence-electron chi connectivity index (χ2n) is 4.04. The molecule has 6 heteroatoms. The highest BCUT2D eigenvalue weighted by molar-refractivity contribution is 5.98. The molecule has 0 aromatic carbocycles. The predicted octanol–water partition coefficient (Wildman–Crippen LogP) is -0.401. The maximum atomic E-state index is 12.1. The van der Waals surface area contributed by atoms with Crippen molar-refractivity contribution in [1.29, 1.82) is 0 Å². The first-order chi connectivity index (χ1) is 7.65. The van der Waals surface area contributed by atoms with Crippen LogP contribution in [0.1, 0.15) is 23.2 Å². The van der Waals surface area contributed by atoms with E-state index in [2.05, 4.69) is 5.10 Å². The highest BCUT2D eigenvalue weighted by atomic mass is 16.3. The normalized spacial score (nSPS) is 20.4. The number of hydrogen-bond donors (Lipinski definition) is 2. The van der Waals surface area contributed by atoms with Crippen LogP contribution in [0.2, 0.25) is 0 Å². The van der Waals surface area contributed by atoms with Crippen molar-refractivity contribution < 1.29 is 9.90 Å². The number of hydrogen-bond acceptors (Lipinski definition) is 4. The summed E-state index contributed by atoms with van der Waals surface area (Å²) in [5.74, 6) is 0.232. The summed E-state index contributed by atoms with van der Waals surface area (Å²) in [6.45, 7) is 0.685. The maximum Gasteiger partial charge on any atom is 0.259 e. The number of nitrogens with zero attached hydrogens (tertiary/aromatic N) is 3. The largest absolute Gasteiger partial charge is 0.394 e. The third-order valence-electron chi connectivity index (χ3n) is 3.06. The summed E-state index contributed by atoms with van der Waals surface area (Å²) in [6, 6.07) is -0.0768. The lowest BCUT2D eigenvalue weighted by molar-refractivity contribution is 0.0678. The number of aliphatic hydroxyl groups excluding tert-OH is 1. The first kappa shape index (κ1) is 10.9. The zero-order valence-electron chi connectivity index (χ0n) is 9.26. The van der Waals surface area contributed by atoms with Gasteiger partial charge in [0.2, 0.25) is 0 Å². The van der Waals surface area contributed by atoms with Gasteiger partial charge in [-0.3, -0.25) is 9.48 Å². The molecule has 0 spiro atoms. The Morgan fingerprint density at radius 3 is 3.06 bits per heavy atom. The number of likely N-dealkylation sites (tertiary alicyclic amines) is 1. The van der Waals surface area contributed by atoms with Crippen molar-refractivity contribution in [2.75, 3.05) is 18.9 Å². The van der Waals surface area contributed by atoms with Gasteiger partial charge in [0.05, 0.1) is 18.8 Å². The lowest BCUT2D eigenvalue weighted by Crippen LogP contribution is -2.37. The molecule has 0 radical (unpaired) electrons. The number of nitrogens with two attached hydrogens (primary N) is 1. The molecule has 0 saturated carbocycles. The fraction of sp³-hybridized carbons (Fsp3) is 0.600. The number of rotatable bonds is 2. The standard InChI is InChI=1S/C10H16N4O2/c1-13-9(11)8(5-12-13)10(16)14-4-2-3-7(14)6-15/h5,7,15H,2-4,6,11H2,1H3. The first-order valence-electron chi connectivity index (χ1n) is 5.34. The molecule has 2 heterocycles. The number of carbonyl (C=O) groups excluding carboxylic acids is 1. The Morgan fingerprint density at radius 1 is 1.75 bits per heavy atom. The van der Waals surface area contributed by atoms with Crippen molar-refractivity contribution in [1.82, 2.24) is 14.7 Å². The quantitative estimate of drug-likeness (QED) is 0.716. The summed E-state index contributed by atoms with van der Waals surface area (Å²) in [4.78, 5) is 13.8. The summed E-state index contributed by atoms with van der Waals surface area (Å²) < 4.78 is 1.47. The van der Waals surface area contributed by atoms with E-state index in [0.717, 1.165) is 12.8 Å². The van der Waals surface area contributed by atoms with Crippen molar-refractivity contribution in [2.45, 2.75) is 18.9 Å². The number of aromatic nitrogens is 2. The number of amides is 1. The number of aryl methyl sites for hydroxylation is 1. The van der Waals surface area contributed by atoms with Crippen LogP contribution >= 0.6 is 0 Å². The van der Waals surface area contributed by atoms with E-state index < -0.39 is 0 Å². The highest BCUT2D eigenvalue weighted by Gasteiger charge is 2.30. The van der Waals surface area contributed by atoms with Gasteiger partial charge in [0, 0.05) is 13.6 Å². The average Bonchev–Trinajstić information content (AvgIpc) is 2.86. The van der Waals surface area contributed by atoms with Crippen LogP contribution in [0.4, 0.5) is 5.82 Å². The average molecular weight is 224 g/mol. The predicted molar refractivity (Wildman–Crippen MR) is 58.8 cm³/mol. The van der Waals surface area contributed by atoms with Crippen molar-refractivity contribution in [3.63, 3.8) is 0 Å². The maximum absolute atomic E-state index is 12.1. The second-order valence-corrected chi connectivity index (χ2v) is 4.04. The molecule has 1 aromatic rings. The molecule has 1 aromatic heterocycles. The monoisotopic (exact) mass is 224 g/mol. The minimum Gasteiger partial charge on any atom is -0.394 e. The van der Waals surface area contributed by atoms with E-state index in [0.29, 0.717) is 17.9 Å². The van der Waals surface area contributed by atoms with Crippen LogP contribution in [-0.2, 0) is 7.05 Å². The van der Waals surface area contributed by atoms with Crippen LogP contribution in [-0.4, -0.2) is 44.9 Å². The van der Waals surface area contributed by atoms with Gasteiger partial charge in [0.15, 0.2) is 0 Å². The number of anilines is 1. The number of nitrogen functional groups attached to an aromatic ring is 1. The fourth-order valence-electron chi connectivity index (χ4n) is 2.06. The van der Waals surface area contributed by atoms with E-state index >= 15 is 0 Å². The van der Waals surface area contributed by atoms with Crippen LogP contribution in [0.3, 0.4) is 0 Å². The highest BCUT2D eigenvalue weighted by Crippen LogP contribution is 2.21. The van der Waals surface area contributed by atoms with Gasteiger partial charge in [-0.05, 0) is 12.8 Å². The molecule has 1 aliphatic rings. The zero-order chi connectivity index (χ0) is 11.7. The lowest BCUT2D eigenvalue weighted by atomic mass is 10.2. The Balaban J connectivity index is 2.22. The van der Waals surface area contributed by atoms with Crippen LogP contribution in [0.25, 0.3) is 0 Å². The van der Waals surface area contributed by atoms with Crippen LogP contribution in [0.5, 0.6) is 0 Å². The van der Waals surface area contributed by atoms with Gasteiger partial charge in [-0.15, -0.1) is 0 Å². The molecule has 1 unspecified atom stereocenters. The molecular formula is C10H16N4O2. The molecule has 1 fully saturated rings. The third kappa shape index (κ3) is 1.65. The van der Waals surface area contributed by atoms with E-state index in [1.807, 2.05) is 0 Å². The summed E-state index contributed by atoms with van der Waals surface area (Å²) in [6.07, 6.45) is 3.25. The topological polar surface area (TPSA) is 84.4 Å². The van der Waals surface area contributed by atoms with E-state index in [9.17, 15) is 4.79 Å². The molecule has 1 amide bonds. The van der Waals surface area contributed by atoms with Crippen molar-refractivity contribution >= 4 is 11.7 Å². The molecular weight excluding hydrogens is 208 g/mol. The lowest BCUT2D eigenvalue weighted by Gasteiger charge is -2.22. The van der Waals surface area contributed by atoms with Crippen LogP contribution in [0.15, 0.2) is 6.20 Å². The molecule has 16 heavy (non-hydrogen) atoms. The van der Waals surface area contributed by atoms with Gasteiger partial charge in [-0.1, -0.05) is 0 Å². The summed E-state index contributed by atoms with van der Waals surface area (Å²) >= 11 is 0. The fourth-order valence-corrected chi connectivity index (χ4v) is 2.06. The van der Waals surface area contributed by atoms with Crippen molar-refractivity contribution in [3.8, 4) is 0 Å². The van der Waals surface area contributed by atoms with Gasteiger partial charge in [-0.2, -0.15) is 5.10 Å². The van der Waals surface area contributed by atoms with E-state index in [1.165, 1.54) is 10.9 Å². The minimum atomic E-state index is -0.137. The zero-order valence-corrected chi connectivity index (χ0v) is 9.26. The van der Waals surface area contributed by atoms with Crippen LogP contribution in [0, 0.1) is 0 Å². The minimum absolute atomic E-state index is 0.00586. The Kier molecular flexibility index (Phi) is 2.82. The molecule has 0 bridgehead atoms. The Labute approximate surface area is 93.6 Å². The second kappa shape index (κ2) is 4.13. The molecule has 3 N–H and O–H groups in total. The molecule has 0 aliphatic carbocycles. The van der Waals surface area contributed by atoms with Gasteiger partial charge in [-0.25, -0.2) is 0 Å². The Morgan fingerprint density at radius 2 is 2.50 bits per heavy atom. The SMILES string of the molecule is Cn1ncc(C(=O)N2CCCC2CO)c1N. The number of carbonyl (C=O) groups is 1. The summed E-state index contributed by atoms with van der Waals surface area (Å²) in [5.41, 5.74) is 6.17. The Hall–Kier alpha value is -1.56. The molecule has 2 rings (SSSR count). The van der Waals surface area contributed by atoms with Gasteiger partial charge in [0.25, 0.3) is 5.91 Å². The van der Waals surface area contributed by atoms with Gasteiger partial charge >= 0.3 is 0 Å². The van der Waals surface area contributed by atoms with Crippen molar-refractivity contribution in [2.24, 2.45) is 7.05 Å². The molecule has 1 aliphatic heterocycles. The summed E-state index contributed by atoms with van der Waals surface area (Å²) in [7, 11) is 1.69. The van der Waals surface area contributed by atoms with Gasteiger partial charge in [0.1, 0.15) is 11.4 Å². The third-order valence-corrected chi connectivity index (χ3v) is 3.06. The van der Waals surface area contributed by atoms with Crippen molar-refractivity contribution in [3.05, 3.63) is 11.8 Å². The van der Waals surface area contributed by atoms with E-state index in [4.69, 9.17) is 10.8 Å². The molecule has 1 atom stereocenters. The molecule has 1 saturated heterocycles. The Bertz CT molecular complexity index is 402. The molecule has 6 nitrogen and oxygen atoms in total. The number of aliphatic hydroxyl groups is 1. The summed E-state index contributed by atoms with van der Waals surface area (Å²) in [5, 5.41) is 13.1. The smallest absolute Gasteiger partial charge is 0.259 e. The molecule has 88 valence electrons. The van der Waals surface area contributed by atoms with E-state index in [1.54, 1.807) is 11.9 Å². The van der Waals surface area contributed by atoms with Gasteiger partial charge < -0.3 is 15.7 Å². The van der Waals surface area contributed by atoms with Crippen LogP contribution < -0.4 is 5.73 Å².